The minimum atomic E-state index is -0.410. The highest BCUT2D eigenvalue weighted by Crippen LogP contribution is 2.31. The Labute approximate surface area is 180 Å². The lowest BCUT2D eigenvalue weighted by molar-refractivity contribution is -0.137. The van der Waals surface area contributed by atoms with Crippen molar-refractivity contribution in [2.45, 2.75) is 40.5 Å². The third kappa shape index (κ3) is 4.68. The van der Waals surface area contributed by atoms with Crippen molar-refractivity contribution in [2.24, 2.45) is 5.92 Å². The minimum absolute atomic E-state index is 0.0706. The number of carbonyl (C=O) groups excluding carboxylic acids is 2. The number of ether oxygens (including phenoxy) is 2. The molecule has 31 heavy (non-hydrogen) atoms. The van der Waals surface area contributed by atoms with Crippen LogP contribution in [0, 0.1) is 5.92 Å². The summed E-state index contributed by atoms with van der Waals surface area (Å²) in [4.78, 5) is 37.2. The first-order valence-corrected chi connectivity index (χ1v) is 10.3. The van der Waals surface area contributed by atoms with E-state index in [4.69, 9.17) is 13.9 Å². The smallest absolute Gasteiger partial charge is 0.338 e. The van der Waals surface area contributed by atoms with Gasteiger partial charge >= 0.3 is 11.9 Å². The Balaban J connectivity index is 2.10. The van der Waals surface area contributed by atoms with Gasteiger partial charge in [-0.2, -0.15) is 0 Å². The number of carbonyl (C=O) groups is 2. The van der Waals surface area contributed by atoms with Crippen LogP contribution in [0.4, 0.5) is 0 Å². The second-order valence-corrected chi connectivity index (χ2v) is 7.86. The van der Waals surface area contributed by atoms with Gasteiger partial charge in [0.25, 0.3) is 0 Å². The molecule has 0 saturated carbocycles. The van der Waals surface area contributed by atoms with Crippen LogP contribution in [0.1, 0.15) is 56.7 Å². The zero-order valence-electron chi connectivity index (χ0n) is 18.4. The quantitative estimate of drug-likeness (QED) is 0.395. The number of fused-ring (bicyclic) bond motifs is 1. The van der Waals surface area contributed by atoms with Crippen LogP contribution >= 0.6 is 0 Å². The second-order valence-electron chi connectivity index (χ2n) is 7.86. The largest absolute Gasteiger partial charge is 0.462 e. The molecule has 3 aromatic rings. The summed E-state index contributed by atoms with van der Waals surface area (Å²) in [5.41, 5.74) is 1.69. The van der Waals surface area contributed by atoms with Crippen molar-refractivity contribution in [1.29, 1.82) is 0 Å². The molecule has 0 radical (unpaired) electrons. The van der Waals surface area contributed by atoms with Crippen LogP contribution in [0.25, 0.3) is 22.1 Å². The summed E-state index contributed by atoms with van der Waals surface area (Å²) in [5.74, 6) is -0.256. The van der Waals surface area contributed by atoms with Crippen LogP contribution in [0.15, 0.2) is 51.7 Å². The van der Waals surface area contributed by atoms with E-state index in [1.54, 1.807) is 63.2 Å². The Morgan fingerprint density at radius 2 is 1.68 bits per heavy atom. The zero-order valence-corrected chi connectivity index (χ0v) is 18.4. The molecule has 0 atom stereocenters. The van der Waals surface area contributed by atoms with E-state index in [1.165, 1.54) is 0 Å². The molecule has 1 heterocycles. The van der Waals surface area contributed by atoms with Gasteiger partial charge in [0.1, 0.15) is 17.1 Å². The van der Waals surface area contributed by atoms with Crippen molar-refractivity contribution in [3.05, 3.63) is 64.0 Å². The maximum absolute atomic E-state index is 13.4. The summed E-state index contributed by atoms with van der Waals surface area (Å²) >= 11 is 0. The molecule has 0 spiro atoms. The topological polar surface area (TPSA) is 82.8 Å². The lowest BCUT2D eigenvalue weighted by Crippen LogP contribution is -2.15. The van der Waals surface area contributed by atoms with Crippen molar-refractivity contribution >= 4 is 22.9 Å². The van der Waals surface area contributed by atoms with Gasteiger partial charge in [-0.25, -0.2) is 4.79 Å². The van der Waals surface area contributed by atoms with E-state index in [0.717, 1.165) is 0 Å². The van der Waals surface area contributed by atoms with E-state index in [9.17, 15) is 14.4 Å². The normalized spacial score (nSPS) is 11.2. The average molecular weight is 422 g/mol. The van der Waals surface area contributed by atoms with Gasteiger partial charge in [-0.05, 0) is 36.8 Å². The molecule has 0 aliphatic rings. The van der Waals surface area contributed by atoms with Crippen LogP contribution < -0.4 is 10.2 Å². The Hall–Kier alpha value is -3.41. The van der Waals surface area contributed by atoms with Crippen molar-refractivity contribution < 1.29 is 23.5 Å². The van der Waals surface area contributed by atoms with Crippen LogP contribution in [-0.4, -0.2) is 18.5 Å². The Morgan fingerprint density at radius 1 is 1.00 bits per heavy atom. The molecule has 0 saturated heterocycles. The fraction of sp³-hybridized carbons (Fsp3) is 0.320. The predicted molar refractivity (Wildman–Crippen MR) is 118 cm³/mol. The van der Waals surface area contributed by atoms with Gasteiger partial charge in [-0.3, -0.25) is 9.59 Å². The summed E-state index contributed by atoms with van der Waals surface area (Å²) < 4.78 is 16.5. The maximum Gasteiger partial charge on any atom is 0.338 e. The van der Waals surface area contributed by atoms with Crippen molar-refractivity contribution in [3.8, 4) is 16.9 Å². The molecule has 2 aromatic carbocycles. The van der Waals surface area contributed by atoms with Crippen molar-refractivity contribution in [1.82, 2.24) is 0 Å². The molecule has 6 heteroatoms. The molecular weight excluding hydrogens is 396 g/mol. The fourth-order valence-electron chi connectivity index (χ4n) is 3.16. The number of hydrogen-bond donors (Lipinski definition) is 0. The number of benzene rings is 2. The second kappa shape index (κ2) is 9.16. The highest BCUT2D eigenvalue weighted by Gasteiger charge is 2.20. The van der Waals surface area contributed by atoms with E-state index >= 15 is 0 Å². The number of hydrogen-bond acceptors (Lipinski definition) is 6. The lowest BCUT2D eigenvalue weighted by Gasteiger charge is -2.14. The summed E-state index contributed by atoms with van der Waals surface area (Å²) in [7, 11) is 0. The van der Waals surface area contributed by atoms with Gasteiger partial charge in [0, 0.05) is 12.0 Å². The van der Waals surface area contributed by atoms with E-state index < -0.39 is 5.97 Å². The van der Waals surface area contributed by atoms with Gasteiger partial charge in [0.2, 0.25) is 5.43 Å². The molecule has 0 fully saturated rings. The number of esters is 2. The standard InChI is InChI=1S/C25H26O6/c1-6-29-25(28)17-9-7-16(8-10-17)21-22(26)19-12-11-18(30-24(27)15(4)5)13-20(19)31-23(21)14(2)3/h7-15H,6H2,1-5H3. The summed E-state index contributed by atoms with van der Waals surface area (Å²) in [6, 6.07) is 11.5. The maximum atomic E-state index is 13.4. The summed E-state index contributed by atoms with van der Waals surface area (Å²) in [5, 5.41) is 0.387. The molecule has 162 valence electrons. The van der Waals surface area contributed by atoms with E-state index in [0.29, 0.717) is 45.8 Å². The molecular formula is C25H26O6. The monoisotopic (exact) mass is 422 g/mol. The van der Waals surface area contributed by atoms with Crippen molar-refractivity contribution in [3.63, 3.8) is 0 Å². The SMILES string of the molecule is CCOC(=O)c1ccc(-c2c(C(C)C)oc3cc(OC(=O)C(C)C)ccc3c2=O)cc1. The molecule has 0 aliphatic carbocycles. The van der Waals surface area contributed by atoms with Gasteiger partial charge < -0.3 is 13.9 Å². The van der Waals surface area contributed by atoms with E-state index in [-0.39, 0.29) is 23.2 Å². The molecule has 0 aliphatic heterocycles. The molecule has 6 nitrogen and oxygen atoms in total. The fourth-order valence-corrected chi connectivity index (χ4v) is 3.16. The molecule has 0 bridgehead atoms. The van der Waals surface area contributed by atoms with Crippen LogP contribution in [-0.2, 0) is 9.53 Å². The lowest BCUT2D eigenvalue weighted by atomic mass is 9.96. The molecule has 1 aromatic heterocycles. The Kier molecular flexibility index (Phi) is 6.59. The molecule has 0 amide bonds. The average Bonchev–Trinajstić information content (AvgIpc) is 2.73. The highest BCUT2D eigenvalue weighted by atomic mass is 16.5. The number of rotatable bonds is 6. The summed E-state index contributed by atoms with van der Waals surface area (Å²) in [6.45, 7) is 9.41. The Morgan fingerprint density at radius 3 is 2.26 bits per heavy atom. The zero-order chi connectivity index (χ0) is 22.7. The third-order valence-corrected chi connectivity index (χ3v) is 4.79. The highest BCUT2D eigenvalue weighted by molar-refractivity contribution is 5.90. The molecule has 3 rings (SSSR count). The third-order valence-electron chi connectivity index (χ3n) is 4.79. The Bertz CT molecular complexity index is 1170. The molecule has 0 N–H and O–H groups in total. The first-order chi connectivity index (χ1) is 14.7. The van der Waals surface area contributed by atoms with E-state index in [1.807, 2.05) is 13.8 Å². The summed E-state index contributed by atoms with van der Waals surface area (Å²) in [6.07, 6.45) is 0. The predicted octanol–water partition coefficient (Wildman–Crippen LogP) is 5.32. The van der Waals surface area contributed by atoms with Crippen LogP contribution in [0.3, 0.4) is 0 Å². The van der Waals surface area contributed by atoms with Gasteiger partial charge in [-0.15, -0.1) is 0 Å². The van der Waals surface area contributed by atoms with Gasteiger partial charge in [0.05, 0.1) is 29.0 Å². The van der Waals surface area contributed by atoms with Gasteiger partial charge in [0.15, 0.2) is 0 Å². The first-order valence-electron chi connectivity index (χ1n) is 10.3. The van der Waals surface area contributed by atoms with Gasteiger partial charge in [-0.1, -0.05) is 39.8 Å². The van der Waals surface area contributed by atoms with Crippen LogP contribution in [0.2, 0.25) is 0 Å². The van der Waals surface area contributed by atoms with Crippen LogP contribution in [0.5, 0.6) is 5.75 Å². The first kappa shape index (κ1) is 22.3. The molecule has 0 unspecified atom stereocenters. The minimum Gasteiger partial charge on any atom is -0.462 e. The van der Waals surface area contributed by atoms with Crippen molar-refractivity contribution in [2.75, 3.05) is 6.61 Å². The van der Waals surface area contributed by atoms with E-state index in [2.05, 4.69) is 0 Å².